The third-order valence-electron chi connectivity index (χ3n) is 5.13. The van der Waals surface area contributed by atoms with E-state index in [0.29, 0.717) is 22.6 Å². The van der Waals surface area contributed by atoms with Gasteiger partial charge in [0.15, 0.2) is 0 Å². The van der Waals surface area contributed by atoms with E-state index in [4.69, 9.17) is 9.47 Å². The van der Waals surface area contributed by atoms with Gasteiger partial charge < -0.3 is 14.6 Å². The van der Waals surface area contributed by atoms with Crippen LogP contribution in [0.15, 0.2) is 85.0 Å². The molecule has 3 aromatic carbocycles. The van der Waals surface area contributed by atoms with Gasteiger partial charge in [-0.2, -0.15) is 0 Å². The lowest BCUT2D eigenvalue weighted by Crippen LogP contribution is -2.15. The second-order valence-corrected chi connectivity index (χ2v) is 8.02. The molecule has 1 atom stereocenters. The van der Waals surface area contributed by atoms with Crippen LogP contribution < -0.4 is 9.47 Å². The topological polar surface area (TPSA) is 55.8 Å². The Labute approximate surface area is 189 Å². The second kappa shape index (κ2) is 9.67. The van der Waals surface area contributed by atoms with E-state index in [1.165, 1.54) is 0 Å². The first-order valence-corrected chi connectivity index (χ1v) is 10.4. The Morgan fingerprint density at radius 3 is 1.66 bits per heavy atom. The molecule has 0 saturated carbocycles. The molecule has 0 radical (unpaired) electrons. The van der Waals surface area contributed by atoms with Gasteiger partial charge in [-0.25, -0.2) is 4.79 Å². The van der Waals surface area contributed by atoms with Crippen molar-refractivity contribution in [3.05, 3.63) is 96.1 Å². The summed E-state index contributed by atoms with van der Waals surface area (Å²) in [6.07, 6.45) is -1.01. The van der Waals surface area contributed by atoms with Crippen LogP contribution in [0.2, 0.25) is 0 Å². The van der Waals surface area contributed by atoms with Crippen molar-refractivity contribution in [1.29, 1.82) is 0 Å². The number of rotatable bonds is 7. The van der Waals surface area contributed by atoms with Gasteiger partial charge in [-0.05, 0) is 90.9 Å². The zero-order valence-electron chi connectivity index (χ0n) is 18.9. The average molecular weight is 429 g/mol. The molecule has 0 fully saturated rings. The summed E-state index contributed by atoms with van der Waals surface area (Å²) in [5, 5.41) is 9.82. The molecule has 3 rings (SSSR count). The van der Waals surface area contributed by atoms with E-state index in [2.05, 4.69) is 39.1 Å². The number of esters is 1. The molecule has 4 heteroatoms. The highest BCUT2D eigenvalue weighted by Crippen LogP contribution is 2.33. The quantitative estimate of drug-likeness (QED) is 0.156. The van der Waals surface area contributed by atoms with Gasteiger partial charge in [-0.15, -0.1) is 0 Å². The van der Waals surface area contributed by atoms with Crippen molar-refractivity contribution in [1.82, 2.24) is 0 Å². The van der Waals surface area contributed by atoms with Crippen LogP contribution in [0.1, 0.15) is 25.0 Å². The first kappa shape index (κ1) is 23.0. The summed E-state index contributed by atoms with van der Waals surface area (Å²) >= 11 is 0. The third kappa shape index (κ3) is 5.34. The Kier molecular flexibility index (Phi) is 6.96. The Bertz CT molecular complexity index is 1160. The molecule has 164 valence electrons. The summed E-state index contributed by atoms with van der Waals surface area (Å²) in [7, 11) is 0. The van der Waals surface area contributed by atoms with Gasteiger partial charge in [0.1, 0.15) is 11.5 Å². The summed E-state index contributed by atoms with van der Waals surface area (Å²) in [4.78, 5) is 11.7. The molecule has 0 saturated heterocycles. The van der Waals surface area contributed by atoms with Gasteiger partial charge in [-0.1, -0.05) is 49.6 Å². The van der Waals surface area contributed by atoms with Crippen LogP contribution in [0.4, 0.5) is 0 Å². The highest BCUT2D eigenvalue weighted by molar-refractivity contribution is 5.88. The lowest BCUT2D eigenvalue weighted by molar-refractivity contribution is -0.130. The predicted octanol–water partition coefficient (Wildman–Crippen LogP) is 6.39. The molecule has 4 nitrogen and oxygen atoms in total. The standard InChI is InChI=1S/C28H28O4/c1-17(2)27(29)31-23-11-7-21(8-12-23)25-15-20(6)26(16-19(25)5)22-9-13-24(14-10-22)32-28(30)18(3)4/h7-16,27,29H,1,3H2,2,4-6H3. The summed E-state index contributed by atoms with van der Waals surface area (Å²) in [6, 6.07) is 19.4. The van der Waals surface area contributed by atoms with Gasteiger partial charge in [-0.3, -0.25) is 0 Å². The fourth-order valence-electron chi connectivity index (χ4n) is 3.28. The Morgan fingerprint density at radius 2 is 1.25 bits per heavy atom. The molecule has 0 amide bonds. The van der Waals surface area contributed by atoms with Gasteiger partial charge in [0.05, 0.1) is 0 Å². The molecule has 0 aliphatic heterocycles. The van der Waals surface area contributed by atoms with E-state index in [1.807, 2.05) is 36.4 Å². The van der Waals surface area contributed by atoms with E-state index >= 15 is 0 Å². The number of hydrogen-bond donors (Lipinski definition) is 1. The maximum Gasteiger partial charge on any atom is 0.338 e. The van der Waals surface area contributed by atoms with Crippen LogP contribution in [0.5, 0.6) is 11.5 Å². The predicted molar refractivity (Wildman–Crippen MR) is 129 cm³/mol. The number of ether oxygens (including phenoxy) is 2. The van der Waals surface area contributed by atoms with Gasteiger partial charge >= 0.3 is 5.97 Å². The number of aliphatic hydroxyl groups excluding tert-OH is 1. The molecule has 3 aromatic rings. The minimum Gasteiger partial charge on any atom is -0.461 e. The van der Waals surface area contributed by atoms with Gasteiger partial charge in [0.2, 0.25) is 6.29 Å². The number of carbonyl (C=O) groups is 1. The van der Waals surface area contributed by atoms with Crippen LogP contribution in [0.25, 0.3) is 22.3 Å². The number of carbonyl (C=O) groups excluding carboxylic acids is 1. The lowest BCUT2D eigenvalue weighted by Gasteiger charge is -2.15. The first-order valence-electron chi connectivity index (χ1n) is 10.4. The first-order chi connectivity index (χ1) is 15.2. The summed E-state index contributed by atoms with van der Waals surface area (Å²) in [5.41, 5.74) is 7.55. The highest BCUT2D eigenvalue weighted by Gasteiger charge is 2.11. The Balaban J connectivity index is 1.83. The van der Waals surface area contributed by atoms with Gasteiger partial charge in [0, 0.05) is 5.57 Å². The third-order valence-corrected chi connectivity index (χ3v) is 5.13. The molecule has 0 aromatic heterocycles. The number of benzene rings is 3. The highest BCUT2D eigenvalue weighted by atomic mass is 16.6. The maximum absolute atomic E-state index is 11.7. The van der Waals surface area contributed by atoms with Crippen molar-refractivity contribution in [3.8, 4) is 33.8 Å². The minimum absolute atomic E-state index is 0.364. The maximum atomic E-state index is 11.7. The number of hydrogen-bond acceptors (Lipinski definition) is 4. The minimum atomic E-state index is -1.01. The van der Waals surface area contributed by atoms with E-state index < -0.39 is 12.3 Å². The number of aliphatic hydroxyl groups is 1. The smallest absolute Gasteiger partial charge is 0.338 e. The molecule has 0 spiro atoms. The van der Waals surface area contributed by atoms with Crippen molar-refractivity contribution >= 4 is 5.97 Å². The molecule has 32 heavy (non-hydrogen) atoms. The van der Waals surface area contributed by atoms with Crippen molar-refractivity contribution < 1.29 is 19.4 Å². The van der Waals surface area contributed by atoms with Crippen LogP contribution >= 0.6 is 0 Å². The molecule has 0 bridgehead atoms. The summed E-state index contributed by atoms with van der Waals surface area (Å²) in [6.45, 7) is 14.8. The van der Waals surface area contributed by atoms with E-state index in [0.717, 1.165) is 33.4 Å². The molecule has 0 aliphatic carbocycles. The van der Waals surface area contributed by atoms with Crippen LogP contribution in [0.3, 0.4) is 0 Å². The lowest BCUT2D eigenvalue weighted by atomic mass is 9.92. The Hall–Kier alpha value is -3.63. The van der Waals surface area contributed by atoms with Crippen molar-refractivity contribution in [2.75, 3.05) is 0 Å². The Morgan fingerprint density at radius 1 is 0.812 bits per heavy atom. The molecule has 0 heterocycles. The average Bonchev–Trinajstić information content (AvgIpc) is 2.76. The van der Waals surface area contributed by atoms with Crippen LogP contribution in [0, 0.1) is 13.8 Å². The molecule has 1 N–H and O–H groups in total. The fraction of sp³-hybridized carbons (Fsp3) is 0.179. The van der Waals surface area contributed by atoms with Crippen molar-refractivity contribution in [2.45, 2.75) is 34.0 Å². The van der Waals surface area contributed by atoms with E-state index in [1.54, 1.807) is 26.0 Å². The molecule has 1 unspecified atom stereocenters. The van der Waals surface area contributed by atoms with Crippen LogP contribution in [-0.2, 0) is 4.79 Å². The normalized spacial score (nSPS) is 11.5. The zero-order valence-corrected chi connectivity index (χ0v) is 18.9. The zero-order chi connectivity index (χ0) is 23.4. The van der Waals surface area contributed by atoms with Crippen LogP contribution in [-0.4, -0.2) is 17.4 Å². The molecule has 0 aliphatic rings. The fourth-order valence-corrected chi connectivity index (χ4v) is 3.28. The second-order valence-electron chi connectivity index (χ2n) is 8.02. The largest absolute Gasteiger partial charge is 0.461 e. The molecular weight excluding hydrogens is 400 g/mol. The van der Waals surface area contributed by atoms with E-state index in [-0.39, 0.29) is 0 Å². The van der Waals surface area contributed by atoms with Gasteiger partial charge in [0.25, 0.3) is 0 Å². The molecular formula is C28H28O4. The van der Waals surface area contributed by atoms with E-state index in [9.17, 15) is 9.90 Å². The number of aryl methyl sites for hydroxylation is 2. The summed E-state index contributed by atoms with van der Waals surface area (Å²) < 4.78 is 10.7. The monoisotopic (exact) mass is 428 g/mol. The SMILES string of the molecule is C=C(C)C(=O)Oc1ccc(-c2cc(C)c(-c3ccc(OC(O)C(=C)C)cc3)cc2C)cc1. The van der Waals surface area contributed by atoms with Crippen molar-refractivity contribution in [2.24, 2.45) is 0 Å². The summed E-state index contributed by atoms with van der Waals surface area (Å²) in [5.74, 6) is 0.647. The van der Waals surface area contributed by atoms with Crippen molar-refractivity contribution in [3.63, 3.8) is 0 Å².